The van der Waals surface area contributed by atoms with E-state index in [-0.39, 0.29) is 31.6 Å². The molecule has 10 unspecified atom stereocenters. The van der Waals surface area contributed by atoms with Crippen LogP contribution < -0.4 is 5.73 Å². The molecule has 3 heterocycles. The van der Waals surface area contributed by atoms with Crippen LogP contribution in [0.2, 0.25) is 0 Å². The molecule has 0 amide bonds. The molecule has 3 rings (SSSR count). The number of carboxylic acids is 1. The maximum atomic E-state index is 12.6. The number of esters is 1. The standard InChI is InChI=1S/C47H73NO17/c1-27-17-15-13-11-9-7-5-6-8-10-12-14-16-18-34(64-46-44(58)41(48)43(57)30(4)63-46)24-38-40(45(59)60)37(54)26-47(61,65-38)25-33(51)22-36(53)35(52)20-19-31(49)21-32(50)23-39(55)62-29(3)28(2)42(27)56/h5-18,27-38,40-44,46,49-54,56-58,61H,19-26,48H2,1-4H3,(H,59,60)/t27?,28?,29?,30?,31-,32-,33+,34+,35-,36-,37?,38?,40-,41?,42-,43?,44?,46?,47-/m1/s1. The van der Waals surface area contributed by atoms with Crippen molar-refractivity contribution in [3.63, 3.8) is 0 Å². The summed E-state index contributed by atoms with van der Waals surface area (Å²) >= 11 is 0. The van der Waals surface area contributed by atoms with Gasteiger partial charge in [0.1, 0.15) is 18.1 Å². The predicted octanol–water partition coefficient (Wildman–Crippen LogP) is 0.712. The van der Waals surface area contributed by atoms with E-state index in [1.54, 1.807) is 80.7 Å². The van der Waals surface area contributed by atoms with Crippen molar-refractivity contribution in [1.29, 1.82) is 0 Å². The second-order valence-corrected chi connectivity index (χ2v) is 17.6. The maximum Gasteiger partial charge on any atom is 0.311 e. The number of carbonyl (C=O) groups excluding carboxylic acids is 1. The molecule has 18 nitrogen and oxygen atoms in total. The zero-order valence-corrected chi connectivity index (χ0v) is 37.6. The SMILES string of the molecule is CC1OC(O[C@H]2C=CC=CC=CC=CC=CC=CC=CC(C)[C@@H](O)C(C)C(C)OC(=O)C[C@H](O)C[C@H](O)CC[C@@H](O)[C@H](O)C[C@H](O)C[C@]3(O)CC(O)[C@@H](C(=O)O)C(C2)O3)C(O)C(N)C1O. The Morgan fingerprint density at radius 3 is 1.82 bits per heavy atom. The molecule has 0 aromatic rings. The van der Waals surface area contributed by atoms with Crippen molar-refractivity contribution in [2.45, 2.75) is 177 Å². The number of hydrogen-bond acceptors (Lipinski definition) is 17. The third-order valence-electron chi connectivity index (χ3n) is 12.0. The number of fused-ring (bicyclic) bond motifs is 2. The van der Waals surface area contributed by atoms with Crippen LogP contribution in [0.5, 0.6) is 0 Å². The smallest absolute Gasteiger partial charge is 0.311 e. The molecule has 3 aliphatic rings. The molecule has 13 N–H and O–H groups in total. The van der Waals surface area contributed by atoms with Gasteiger partial charge in [-0.1, -0.05) is 98.9 Å². The van der Waals surface area contributed by atoms with E-state index in [1.165, 1.54) is 13.0 Å². The van der Waals surface area contributed by atoms with Crippen molar-refractivity contribution in [1.82, 2.24) is 0 Å². The molecule has 2 fully saturated rings. The largest absolute Gasteiger partial charge is 0.481 e. The molecule has 0 aliphatic carbocycles. The highest BCUT2D eigenvalue weighted by molar-refractivity contribution is 5.71. The molecular formula is C47H73NO17. The molecule has 0 aromatic carbocycles. The van der Waals surface area contributed by atoms with Crippen molar-refractivity contribution in [3.05, 3.63) is 85.1 Å². The van der Waals surface area contributed by atoms with Gasteiger partial charge in [0.15, 0.2) is 12.1 Å². The van der Waals surface area contributed by atoms with Crippen LogP contribution in [0.1, 0.15) is 79.1 Å². The lowest BCUT2D eigenvalue weighted by atomic mass is 9.82. The fourth-order valence-corrected chi connectivity index (χ4v) is 7.97. The van der Waals surface area contributed by atoms with Crippen LogP contribution in [-0.2, 0) is 28.5 Å². The molecular weight excluding hydrogens is 851 g/mol. The quantitative estimate of drug-likeness (QED) is 0.174. The first kappa shape index (κ1) is 55.9. The van der Waals surface area contributed by atoms with E-state index >= 15 is 0 Å². The van der Waals surface area contributed by atoms with E-state index < -0.39 is 147 Å². The van der Waals surface area contributed by atoms with Gasteiger partial charge in [-0.3, -0.25) is 9.59 Å². The lowest BCUT2D eigenvalue weighted by molar-refractivity contribution is -0.308. The van der Waals surface area contributed by atoms with Crippen LogP contribution >= 0.6 is 0 Å². The Kier molecular flexibility index (Phi) is 23.6. The fraction of sp³-hybridized carbons (Fsp3) is 0.660. The number of allylic oxidation sites excluding steroid dienone is 12. The monoisotopic (exact) mass is 923 g/mol. The number of ether oxygens (including phenoxy) is 4. The minimum atomic E-state index is -2.33. The molecule has 2 bridgehead atoms. The van der Waals surface area contributed by atoms with Crippen molar-refractivity contribution >= 4 is 11.9 Å². The van der Waals surface area contributed by atoms with Gasteiger partial charge in [-0.15, -0.1) is 0 Å². The zero-order chi connectivity index (χ0) is 48.4. The van der Waals surface area contributed by atoms with E-state index in [9.17, 15) is 65.8 Å². The Bertz CT molecular complexity index is 1670. The summed E-state index contributed by atoms with van der Waals surface area (Å²) in [5, 5.41) is 118. The van der Waals surface area contributed by atoms with Crippen LogP contribution in [0, 0.1) is 17.8 Å². The molecule has 0 spiro atoms. The van der Waals surface area contributed by atoms with E-state index in [0.717, 1.165) is 0 Å². The summed E-state index contributed by atoms with van der Waals surface area (Å²) in [7, 11) is 0. The summed E-state index contributed by atoms with van der Waals surface area (Å²) in [4.78, 5) is 25.1. The lowest BCUT2D eigenvalue weighted by Crippen LogP contribution is -2.61. The van der Waals surface area contributed by atoms with Gasteiger partial charge >= 0.3 is 11.9 Å². The Labute approximate surface area is 381 Å². The number of cyclic esters (lactones) is 1. The van der Waals surface area contributed by atoms with Gasteiger partial charge in [-0.05, 0) is 33.1 Å². The maximum absolute atomic E-state index is 12.6. The summed E-state index contributed by atoms with van der Waals surface area (Å²) in [6.07, 6.45) is 3.46. The van der Waals surface area contributed by atoms with Gasteiger partial charge in [0.05, 0.1) is 79.6 Å². The van der Waals surface area contributed by atoms with Crippen LogP contribution in [0.4, 0.5) is 0 Å². The van der Waals surface area contributed by atoms with Gasteiger partial charge in [0, 0.05) is 37.5 Å². The number of hydrogen-bond donors (Lipinski definition) is 12. The highest BCUT2D eigenvalue weighted by atomic mass is 16.7. The van der Waals surface area contributed by atoms with Gasteiger partial charge in [0.25, 0.3) is 0 Å². The summed E-state index contributed by atoms with van der Waals surface area (Å²) in [6.45, 7) is 6.74. The minimum Gasteiger partial charge on any atom is -0.481 e. The Balaban J connectivity index is 1.86. The summed E-state index contributed by atoms with van der Waals surface area (Å²) in [6, 6.07) is -1.15. The van der Waals surface area contributed by atoms with Gasteiger partial charge in [-0.25, -0.2) is 0 Å². The Hall–Kier alpha value is -3.44. The van der Waals surface area contributed by atoms with Gasteiger partial charge < -0.3 is 80.9 Å². The Morgan fingerprint density at radius 2 is 1.23 bits per heavy atom. The molecule has 19 atom stereocenters. The van der Waals surface area contributed by atoms with Crippen LogP contribution in [-0.4, -0.2) is 166 Å². The Morgan fingerprint density at radius 1 is 0.662 bits per heavy atom. The number of nitrogens with two attached hydrogens (primary N) is 1. The number of aliphatic hydroxyl groups is 10. The minimum absolute atomic E-state index is 0.107. The third-order valence-corrected chi connectivity index (χ3v) is 12.0. The molecule has 368 valence electrons. The van der Waals surface area contributed by atoms with Crippen molar-refractivity contribution in [3.8, 4) is 0 Å². The highest BCUT2D eigenvalue weighted by Gasteiger charge is 2.51. The van der Waals surface area contributed by atoms with E-state index in [1.807, 2.05) is 19.1 Å². The summed E-state index contributed by atoms with van der Waals surface area (Å²) in [5.41, 5.74) is 6.02. The number of aliphatic carboxylic acids is 1. The normalized spacial score (nSPS) is 42.0. The number of rotatable bonds is 3. The lowest BCUT2D eigenvalue weighted by Gasteiger charge is -2.45. The van der Waals surface area contributed by atoms with E-state index in [0.29, 0.717) is 0 Å². The average molecular weight is 924 g/mol. The first-order chi connectivity index (χ1) is 30.6. The third kappa shape index (κ3) is 18.6. The van der Waals surface area contributed by atoms with Gasteiger partial charge in [0.2, 0.25) is 0 Å². The molecule has 0 saturated carbocycles. The predicted molar refractivity (Wildman–Crippen MR) is 237 cm³/mol. The van der Waals surface area contributed by atoms with Crippen molar-refractivity contribution in [2.75, 3.05) is 0 Å². The number of carboxylic acid groups (broad SMARTS) is 1. The molecule has 18 heteroatoms. The molecule has 0 aromatic heterocycles. The first-order valence-electron chi connectivity index (χ1n) is 22.3. The molecule has 65 heavy (non-hydrogen) atoms. The molecule has 2 saturated heterocycles. The van der Waals surface area contributed by atoms with E-state index in [2.05, 4.69) is 0 Å². The van der Waals surface area contributed by atoms with Gasteiger partial charge in [-0.2, -0.15) is 0 Å². The second-order valence-electron chi connectivity index (χ2n) is 17.6. The fourth-order valence-electron chi connectivity index (χ4n) is 7.97. The number of carbonyl (C=O) groups is 2. The van der Waals surface area contributed by atoms with Crippen LogP contribution in [0.25, 0.3) is 0 Å². The summed E-state index contributed by atoms with van der Waals surface area (Å²) < 4.78 is 23.1. The van der Waals surface area contributed by atoms with Crippen LogP contribution in [0.3, 0.4) is 0 Å². The van der Waals surface area contributed by atoms with Crippen molar-refractivity contribution < 1.29 is 84.7 Å². The van der Waals surface area contributed by atoms with Crippen molar-refractivity contribution in [2.24, 2.45) is 23.5 Å². The summed E-state index contributed by atoms with van der Waals surface area (Å²) in [5.74, 6) is -6.83. The number of aliphatic hydroxyl groups excluding tert-OH is 9. The van der Waals surface area contributed by atoms with E-state index in [4.69, 9.17) is 24.7 Å². The highest BCUT2D eigenvalue weighted by Crippen LogP contribution is 2.38. The zero-order valence-electron chi connectivity index (χ0n) is 37.6. The first-order valence-corrected chi connectivity index (χ1v) is 22.3. The second kappa shape index (κ2) is 27.4. The average Bonchev–Trinajstić information content (AvgIpc) is 3.21. The molecule has 0 radical (unpaired) electrons. The molecule has 3 aliphatic heterocycles. The topological polar surface area (TPSA) is 320 Å². The van der Waals surface area contributed by atoms with Crippen LogP contribution in [0.15, 0.2) is 85.1 Å².